The highest BCUT2D eigenvalue weighted by Gasteiger charge is 2.21. The third-order valence-electron chi connectivity index (χ3n) is 2.38. The first-order chi connectivity index (χ1) is 7.38. The highest BCUT2D eigenvalue weighted by molar-refractivity contribution is 5.35. The van der Waals surface area contributed by atoms with E-state index in [2.05, 4.69) is 27.8 Å². The summed E-state index contributed by atoms with van der Waals surface area (Å²) in [6.45, 7) is 4.00. The molecule has 0 bridgehead atoms. The van der Waals surface area contributed by atoms with Gasteiger partial charge in [-0.05, 0) is 37.9 Å². The minimum Gasteiger partial charge on any atom is -0.366 e. The lowest BCUT2D eigenvalue weighted by Gasteiger charge is -2.04. The number of rotatable bonds is 6. The van der Waals surface area contributed by atoms with Crippen LogP contribution in [0.15, 0.2) is 12.1 Å². The Bertz CT molecular complexity index is 292. The lowest BCUT2D eigenvalue weighted by Crippen LogP contribution is -2.15. The summed E-state index contributed by atoms with van der Waals surface area (Å²) in [5, 5.41) is 14.9. The minimum absolute atomic E-state index is 0.642. The Morgan fingerprint density at radius 2 is 2.20 bits per heavy atom. The fourth-order valence-corrected chi connectivity index (χ4v) is 1.36. The molecule has 0 spiro atoms. The van der Waals surface area contributed by atoms with Gasteiger partial charge in [-0.25, -0.2) is 0 Å². The molecule has 4 nitrogen and oxygen atoms in total. The van der Waals surface area contributed by atoms with Gasteiger partial charge in [0.2, 0.25) is 0 Å². The zero-order valence-electron chi connectivity index (χ0n) is 9.16. The quantitative estimate of drug-likeness (QED) is 0.693. The molecular weight excluding hydrogens is 188 g/mol. The van der Waals surface area contributed by atoms with Gasteiger partial charge in [0.05, 0.1) is 5.69 Å². The topological polar surface area (TPSA) is 49.8 Å². The highest BCUT2D eigenvalue weighted by atomic mass is 15.2. The van der Waals surface area contributed by atoms with Crippen molar-refractivity contribution in [2.75, 3.05) is 11.9 Å². The molecule has 1 aliphatic rings. The van der Waals surface area contributed by atoms with E-state index in [9.17, 15) is 0 Å². The number of hydrogen-bond donors (Lipinski definition) is 2. The van der Waals surface area contributed by atoms with E-state index >= 15 is 0 Å². The Hall–Kier alpha value is -1.16. The van der Waals surface area contributed by atoms with Crippen molar-refractivity contribution in [1.29, 1.82) is 0 Å². The third-order valence-corrected chi connectivity index (χ3v) is 2.38. The van der Waals surface area contributed by atoms with Gasteiger partial charge in [-0.3, -0.25) is 0 Å². The summed E-state index contributed by atoms with van der Waals surface area (Å²) in [6, 6.07) is 4.68. The van der Waals surface area contributed by atoms with Crippen LogP contribution < -0.4 is 10.6 Å². The number of nitrogens with zero attached hydrogens (tertiary/aromatic N) is 2. The Balaban J connectivity index is 1.80. The van der Waals surface area contributed by atoms with Crippen molar-refractivity contribution in [2.24, 2.45) is 0 Å². The molecule has 4 heteroatoms. The second kappa shape index (κ2) is 5.07. The molecule has 1 fully saturated rings. The number of hydrogen-bond acceptors (Lipinski definition) is 4. The van der Waals surface area contributed by atoms with Gasteiger partial charge >= 0.3 is 0 Å². The lowest BCUT2D eigenvalue weighted by atomic mass is 10.3. The van der Waals surface area contributed by atoms with Crippen molar-refractivity contribution < 1.29 is 0 Å². The van der Waals surface area contributed by atoms with Crippen LogP contribution in [0, 0.1) is 0 Å². The molecule has 15 heavy (non-hydrogen) atoms. The molecular formula is C11H18N4. The maximum absolute atomic E-state index is 4.16. The summed E-state index contributed by atoms with van der Waals surface area (Å²) >= 11 is 0. The Morgan fingerprint density at radius 1 is 1.33 bits per heavy atom. The average Bonchev–Trinajstić information content (AvgIpc) is 3.05. The molecule has 0 atom stereocenters. The van der Waals surface area contributed by atoms with Gasteiger partial charge in [-0.15, -0.1) is 5.10 Å². The van der Waals surface area contributed by atoms with Gasteiger partial charge in [0.15, 0.2) is 0 Å². The van der Waals surface area contributed by atoms with Crippen LogP contribution in [0.1, 0.15) is 31.9 Å². The van der Waals surface area contributed by atoms with E-state index in [1.54, 1.807) is 0 Å². The molecule has 0 saturated heterocycles. The second-order valence-corrected chi connectivity index (χ2v) is 4.01. The Morgan fingerprint density at radius 3 is 2.80 bits per heavy atom. The second-order valence-electron chi connectivity index (χ2n) is 4.01. The average molecular weight is 206 g/mol. The molecule has 2 N–H and O–H groups in total. The Kier molecular flexibility index (Phi) is 3.50. The first-order valence-corrected chi connectivity index (χ1v) is 5.68. The van der Waals surface area contributed by atoms with Crippen LogP contribution in [0.25, 0.3) is 0 Å². The van der Waals surface area contributed by atoms with E-state index < -0.39 is 0 Å². The number of nitrogens with one attached hydrogen (secondary N) is 2. The zero-order chi connectivity index (χ0) is 10.5. The van der Waals surface area contributed by atoms with Crippen LogP contribution in [0.5, 0.6) is 0 Å². The molecule has 2 rings (SSSR count). The fourth-order valence-electron chi connectivity index (χ4n) is 1.36. The van der Waals surface area contributed by atoms with E-state index in [1.165, 1.54) is 12.8 Å². The fraction of sp³-hybridized carbons (Fsp3) is 0.636. The van der Waals surface area contributed by atoms with E-state index in [0.29, 0.717) is 6.04 Å². The Labute approximate surface area is 90.5 Å². The summed E-state index contributed by atoms with van der Waals surface area (Å²) in [6.07, 6.45) is 3.68. The van der Waals surface area contributed by atoms with Crippen LogP contribution in [0.4, 0.5) is 5.82 Å². The van der Waals surface area contributed by atoms with E-state index in [0.717, 1.165) is 31.0 Å². The predicted molar refractivity (Wildman–Crippen MR) is 60.7 cm³/mol. The molecule has 1 aliphatic carbocycles. The summed E-state index contributed by atoms with van der Waals surface area (Å²) < 4.78 is 0. The summed E-state index contributed by atoms with van der Waals surface area (Å²) in [5.41, 5.74) is 1.00. The minimum atomic E-state index is 0.642. The molecule has 0 amide bonds. The maximum Gasteiger partial charge on any atom is 0.148 e. The van der Waals surface area contributed by atoms with Gasteiger partial charge in [-0.2, -0.15) is 5.10 Å². The van der Waals surface area contributed by atoms with E-state index in [1.807, 2.05) is 12.1 Å². The molecule has 1 heterocycles. The van der Waals surface area contributed by atoms with Crippen molar-refractivity contribution in [2.45, 2.75) is 38.8 Å². The van der Waals surface area contributed by atoms with Gasteiger partial charge in [0.25, 0.3) is 0 Å². The summed E-state index contributed by atoms with van der Waals surface area (Å²) in [5.74, 6) is 0.900. The van der Waals surface area contributed by atoms with Crippen molar-refractivity contribution in [3.63, 3.8) is 0 Å². The van der Waals surface area contributed by atoms with Crippen LogP contribution in [0.3, 0.4) is 0 Å². The van der Waals surface area contributed by atoms with E-state index in [-0.39, 0.29) is 0 Å². The van der Waals surface area contributed by atoms with Gasteiger partial charge in [0, 0.05) is 12.6 Å². The highest BCUT2D eigenvalue weighted by Crippen LogP contribution is 2.23. The smallest absolute Gasteiger partial charge is 0.148 e. The van der Waals surface area contributed by atoms with Gasteiger partial charge in [0.1, 0.15) is 5.82 Å². The molecule has 1 aromatic rings. The summed E-state index contributed by atoms with van der Waals surface area (Å²) in [7, 11) is 0. The number of anilines is 1. The number of aromatic nitrogens is 2. The largest absolute Gasteiger partial charge is 0.366 e. The zero-order valence-corrected chi connectivity index (χ0v) is 9.16. The molecule has 82 valence electrons. The lowest BCUT2D eigenvalue weighted by molar-refractivity contribution is 0.657. The molecule has 1 saturated carbocycles. The van der Waals surface area contributed by atoms with Crippen LogP contribution in [0.2, 0.25) is 0 Å². The SMILES string of the molecule is CCCNCc1ccc(NC2CC2)nn1. The van der Waals surface area contributed by atoms with Crippen molar-refractivity contribution in [1.82, 2.24) is 15.5 Å². The standard InChI is InChI=1S/C11H18N4/c1-2-7-12-8-10-5-6-11(15-14-10)13-9-3-4-9/h5-6,9,12H,2-4,7-8H2,1H3,(H,13,15). The predicted octanol–water partition coefficient (Wildman–Crippen LogP) is 1.55. The van der Waals surface area contributed by atoms with Crippen molar-refractivity contribution in [3.05, 3.63) is 17.8 Å². The van der Waals surface area contributed by atoms with Crippen molar-refractivity contribution >= 4 is 5.82 Å². The van der Waals surface area contributed by atoms with Crippen LogP contribution in [-0.2, 0) is 6.54 Å². The van der Waals surface area contributed by atoms with Gasteiger partial charge in [-0.1, -0.05) is 6.92 Å². The molecule has 0 aromatic carbocycles. The monoisotopic (exact) mass is 206 g/mol. The molecule has 1 aromatic heterocycles. The van der Waals surface area contributed by atoms with Crippen LogP contribution in [-0.4, -0.2) is 22.8 Å². The maximum atomic E-state index is 4.16. The molecule has 0 radical (unpaired) electrons. The van der Waals surface area contributed by atoms with Crippen molar-refractivity contribution in [3.8, 4) is 0 Å². The van der Waals surface area contributed by atoms with Crippen LogP contribution >= 0.6 is 0 Å². The first-order valence-electron chi connectivity index (χ1n) is 5.68. The summed E-state index contributed by atoms with van der Waals surface area (Å²) in [4.78, 5) is 0. The van der Waals surface area contributed by atoms with Gasteiger partial charge < -0.3 is 10.6 Å². The third kappa shape index (κ3) is 3.47. The molecule has 0 aliphatic heterocycles. The molecule has 0 unspecified atom stereocenters. The first kappa shape index (κ1) is 10.4. The normalized spacial score (nSPS) is 15.3. The van der Waals surface area contributed by atoms with E-state index in [4.69, 9.17) is 0 Å².